The number of nitrogens with one attached hydrogen (secondary N) is 1. The zero-order valence-electron chi connectivity index (χ0n) is 11.0. The van der Waals surface area contributed by atoms with Crippen LogP contribution in [0, 0.1) is 0 Å². The lowest BCUT2D eigenvalue weighted by atomic mass is 10.1. The van der Waals surface area contributed by atoms with E-state index < -0.39 is 0 Å². The number of nitrogens with zero attached hydrogens (tertiary/aromatic N) is 2. The van der Waals surface area contributed by atoms with Crippen molar-refractivity contribution in [2.75, 3.05) is 6.54 Å². The largest absolute Gasteiger partial charge is 0.348 e. The Hall–Kier alpha value is -1.82. The fourth-order valence-corrected chi connectivity index (χ4v) is 2.96. The monoisotopic (exact) mass is 335 g/mol. The number of fused-ring (bicyclic) bond motifs is 1. The molecule has 0 radical (unpaired) electrons. The van der Waals surface area contributed by atoms with Crippen molar-refractivity contribution >= 4 is 21.8 Å². The van der Waals surface area contributed by atoms with Gasteiger partial charge >= 0.3 is 0 Å². The highest BCUT2D eigenvalue weighted by Gasteiger charge is 2.28. The molecule has 3 heterocycles. The van der Waals surface area contributed by atoms with E-state index in [1.807, 2.05) is 30.2 Å². The minimum absolute atomic E-state index is 0.0250. The minimum Gasteiger partial charge on any atom is -0.348 e. The van der Waals surface area contributed by atoms with Gasteiger partial charge in [-0.15, -0.1) is 0 Å². The van der Waals surface area contributed by atoms with Crippen LogP contribution in [0.25, 0.3) is 0 Å². The maximum Gasteiger partial charge on any atom is 0.262 e. The van der Waals surface area contributed by atoms with Gasteiger partial charge in [0, 0.05) is 31.2 Å². The first-order valence-corrected chi connectivity index (χ1v) is 7.21. The second-order valence-electron chi connectivity index (χ2n) is 4.87. The van der Waals surface area contributed by atoms with E-state index >= 15 is 0 Å². The van der Waals surface area contributed by atoms with Crippen LogP contribution in [0.3, 0.4) is 0 Å². The van der Waals surface area contributed by atoms with Crippen LogP contribution in [-0.4, -0.2) is 26.9 Å². The molecule has 2 aromatic rings. The molecule has 1 N–H and O–H groups in total. The number of amides is 1. The van der Waals surface area contributed by atoms with Gasteiger partial charge in [-0.05, 0) is 41.1 Å². The molecule has 0 fully saturated rings. The number of pyridine rings is 1. The lowest BCUT2D eigenvalue weighted by Crippen LogP contribution is -2.40. The standard InChI is InChI=1S/C14H14BrN3O2/c1-9-12-3-2-4-17(12)5-6-18(9)14(20)10-7-11(15)13(19)16-8-10/h2-4,7-9H,5-6H2,1H3,(H,16,19). The Bertz CT molecular complexity index is 719. The first-order valence-electron chi connectivity index (χ1n) is 6.42. The normalized spacial score (nSPS) is 17.9. The lowest BCUT2D eigenvalue weighted by molar-refractivity contribution is 0.0643. The van der Waals surface area contributed by atoms with E-state index in [2.05, 4.69) is 25.5 Å². The van der Waals surface area contributed by atoms with Crippen molar-refractivity contribution in [3.05, 3.63) is 56.7 Å². The second-order valence-corrected chi connectivity index (χ2v) is 5.72. The van der Waals surface area contributed by atoms with E-state index in [1.54, 1.807) is 6.07 Å². The third-order valence-electron chi connectivity index (χ3n) is 3.71. The number of aromatic nitrogens is 2. The Kier molecular flexibility index (Phi) is 3.25. The summed E-state index contributed by atoms with van der Waals surface area (Å²) >= 11 is 3.15. The molecule has 0 saturated carbocycles. The van der Waals surface area contributed by atoms with Gasteiger partial charge in [0.2, 0.25) is 0 Å². The highest BCUT2D eigenvalue weighted by atomic mass is 79.9. The molecule has 1 aliphatic rings. The summed E-state index contributed by atoms with van der Waals surface area (Å²) in [5, 5.41) is 0. The summed E-state index contributed by atoms with van der Waals surface area (Å²) in [6.45, 7) is 3.48. The number of H-pyrrole nitrogens is 1. The fourth-order valence-electron chi connectivity index (χ4n) is 2.60. The van der Waals surface area contributed by atoms with Gasteiger partial charge in [-0.1, -0.05) is 0 Å². The van der Waals surface area contributed by atoms with Gasteiger partial charge in [0.25, 0.3) is 11.5 Å². The quantitative estimate of drug-likeness (QED) is 0.868. The molecule has 0 bridgehead atoms. The van der Waals surface area contributed by atoms with E-state index in [1.165, 1.54) is 6.20 Å². The van der Waals surface area contributed by atoms with Gasteiger partial charge in [-0.3, -0.25) is 9.59 Å². The number of hydrogen-bond donors (Lipinski definition) is 1. The van der Waals surface area contributed by atoms with Gasteiger partial charge in [0.1, 0.15) is 0 Å². The fraction of sp³-hybridized carbons (Fsp3) is 0.286. The molecular weight excluding hydrogens is 322 g/mol. The van der Waals surface area contributed by atoms with Crippen LogP contribution in [0.15, 0.2) is 39.9 Å². The van der Waals surface area contributed by atoms with E-state index in [0.29, 0.717) is 16.6 Å². The molecule has 1 amide bonds. The van der Waals surface area contributed by atoms with Crippen molar-refractivity contribution in [3.8, 4) is 0 Å². The van der Waals surface area contributed by atoms with Crippen molar-refractivity contribution in [1.29, 1.82) is 0 Å². The summed E-state index contributed by atoms with van der Waals surface area (Å²) < 4.78 is 2.54. The Morgan fingerprint density at radius 2 is 2.25 bits per heavy atom. The molecule has 6 heteroatoms. The van der Waals surface area contributed by atoms with E-state index in [4.69, 9.17) is 0 Å². The summed E-state index contributed by atoms with van der Waals surface area (Å²) in [7, 11) is 0. The third-order valence-corrected chi connectivity index (χ3v) is 4.30. The molecule has 3 rings (SSSR count). The average molecular weight is 336 g/mol. The van der Waals surface area contributed by atoms with Crippen LogP contribution in [0.1, 0.15) is 29.0 Å². The first-order chi connectivity index (χ1) is 9.58. The Morgan fingerprint density at radius 3 is 3.00 bits per heavy atom. The van der Waals surface area contributed by atoms with Crippen LogP contribution < -0.4 is 5.56 Å². The van der Waals surface area contributed by atoms with Crippen LogP contribution in [0.5, 0.6) is 0 Å². The third kappa shape index (κ3) is 2.10. The van der Waals surface area contributed by atoms with Gasteiger partial charge in [-0.25, -0.2) is 0 Å². The summed E-state index contributed by atoms with van der Waals surface area (Å²) in [6.07, 6.45) is 3.50. The molecule has 2 aromatic heterocycles. The molecule has 0 saturated heterocycles. The molecule has 0 spiro atoms. The molecule has 20 heavy (non-hydrogen) atoms. The van der Waals surface area contributed by atoms with Crippen LogP contribution in [0.4, 0.5) is 0 Å². The number of carbonyl (C=O) groups is 1. The molecule has 1 aliphatic heterocycles. The molecule has 0 aliphatic carbocycles. The smallest absolute Gasteiger partial charge is 0.262 e. The molecule has 1 atom stereocenters. The highest BCUT2D eigenvalue weighted by Crippen LogP contribution is 2.26. The zero-order chi connectivity index (χ0) is 14.3. The van der Waals surface area contributed by atoms with Crippen molar-refractivity contribution < 1.29 is 4.79 Å². The number of carbonyl (C=O) groups excluding carboxylic acids is 1. The van der Waals surface area contributed by atoms with Crippen molar-refractivity contribution in [1.82, 2.24) is 14.5 Å². The summed E-state index contributed by atoms with van der Waals surface area (Å²) in [5.74, 6) is -0.0677. The number of halogens is 1. The van der Waals surface area contributed by atoms with Crippen molar-refractivity contribution in [2.24, 2.45) is 0 Å². The average Bonchev–Trinajstić information content (AvgIpc) is 2.91. The molecule has 104 valence electrons. The molecule has 1 unspecified atom stereocenters. The predicted octanol–water partition coefficient (Wildman–Crippen LogP) is 2.16. The van der Waals surface area contributed by atoms with Gasteiger partial charge in [0.05, 0.1) is 16.1 Å². The SMILES string of the molecule is CC1c2cccn2CCN1C(=O)c1c[nH]c(=O)c(Br)c1. The summed E-state index contributed by atoms with van der Waals surface area (Å²) in [4.78, 5) is 28.3. The van der Waals surface area contributed by atoms with E-state index in [-0.39, 0.29) is 17.5 Å². The summed E-state index contributed by atoms with van der Waals surface area (Å²) in [5.41, 5.74) is 1.39. The van der Waals surface area contributed by atoms with Gasteiger partial charge in [-0.2, -0.15) is 0 Å². The molecule has 0 aromatic carbocycles. The van der Waals surface area contributed by atoms with Crippen LogP contribution >= 0.6 is 15.9 Å². The zero-order valence-corrected chi connectivity index (χ0v) is 12.6. The molecule has 5 nitrogen and oxygen atoms in total. The maximum atomic E-state index is 12.6. The van der Waals surface area contributed by atoms with E-state index in [9.17, 15) is 9.59 Å². The molecular formula is C14H14BrN3O2. The Labute approximate surface area is 124 Å². The number of aromatic amines is 1. The van der Waals surface area contributed by atoms with Gasteiger partial charge in [0.15, 0.2) is 0 Å². The second kappa shape index (κ2) is 4.94. The van der Waals surface area contributed by atoms with E-state index in [0.717, 1.165) is 12.2 Å². The summed E-state index contributed by atoms with van der Waals surface area (Å²) in [6, 6.07) is 5.63. The van der Waals surface area contributed by atoms with Crippen molar-refractivity contribution in [3.63, 3.8) is 0 Å². The minimum atomic E-state index is -0.234. The maximum absolute atomic E-state index is 12.6. The highest BCUT2D eigenvalue weighted by molar-refractivity contribution is 9.10. The Morgan fingerprint density at radius 1 is 1.45 bits per heavy atom. The Balaban J connectivity index is 1.92. The first kappa shape index (κ1) is 13.2. The lowest BCUT2D eigenvalue weighted by Gasteiger charge is -2.35. The number of hydrogen-bond acceptors (Lipinski definition) is 2. The topological polar surface area (TPSA) is 58.1 Å². The van der Waals surface area contributed by atoms with Crippen molar-refractivity contribution in [2.45, 2.75) is 19.5 Å². The van der Waals surface area contributed by atoms with Crippen LogP contribution in [0.2, 0.25) is 0 Å². The number of rotatable bonds is 1. The van der Waals surface area contributed by atoms with Gasteiger partial charge < -0.3 is 14.5 Å². The predicted molar refractivity (Wildman–Crippen MR) is 78.6 cm³/mol. The van der Waals surface area contributed by atoms with Crippen LogP contribution in [-0.2, 0) is 6.54 Å².